The lowest BCUT2D eigenvalue weighted by atomic mass is 9.80. The number of carbonyl (C=O) groups excluding carboxylic acids is 1. The lowest BCUT2D eigenvalue weighted by Gasteiger charge is -2.27. The molecule has 1 aromatic carbocycles. The normalized spacial score (nSPS) is 38.4. The molecule has 1 saturated heterocycles. The number of amides is 1. The SMILES string of the molecule is N[C@@H]1CCN(c2ccc(C(=O)NC3CCC4CC5CC(C4)C3C5)cc2)C1. The highest BCUT2D eigenvalue weighted by atomic mass is 16.1. The molecule has 1 aliphatic heterocycles. The molecule has 5 unspecified atom stereocenters. The van der Waals surface area contributed by atoms with Crippen molar-refractivity contribution in [2.24, 2.45) is 29.4 Å². The molecule has 3 bridgehead atoms. The van der Waals surface area contributed by atoms with Crippen LogP contribution in [0.15, 0.2) is 24.3 Å². The topological polar surface area (TPSA) is 58.4 Å². The van der Waals surface area contributed by atoms with Crippen LogP contribution in [0.2, 0.25) is 0 Å². The maximum atomic E-state index is 12.8. The molecule has 1 heterocycles. The zero-order valence-corrected chi connectivity index (χ0v) is 15.6. The van der Waals surface area contributed by atoms with E-state index in [0.717, 1.165) is 48.7 Å². The molecule has 3 N–H and O–H groups in total. The third-order valence-electron chi connectivity index (χ3n) is 7.59. The number of fused-ring (bicyclic) bond motifs is 2. The zero-order valence-electron chi connectivity index (χ0n) is 15.6. The Morgan fingerprint density at radius 3 is 2.58 bits per heavy atom. The van der Waals surface area contributed by atoms with Crippen LogP contribution in [0.4, 0.5) is 5.69 Å². The summed E-state index contributed by atoms with van der Waals surface area (Å²) in [5.74, 6) is 3.57. The van der Waals surface area contributed by atoms with Gasteiger partial charge in [-0.15, -0.1) is 0 Å². The number of benzene rings is 1. The summed E-state index contributed by atoms with van der Waals surface area (Å²) in [5.41, 5.74) is 7.98. The van der Waals surface area contributed by atoms with Crippen molar-refractivity contribution >= 4 is 11.6 Å². The predicted octanol–water partition coefficient (Wildman–Crippen LogP) is 3.17. The Morgan fingerprint density at radius 1 is 1.00 bits per heavy atom. The van der Waals surface area contributed by atoms with Gasteiger partial charge in [0.2, 0.25) is 0 Å². The molecule has 3 saturated carbocycles. The van der Waals surface area contributed by atoms with Crippen LogP contribution in [0.5, 0.6) is 0 Å². The van der Waals surface area contributed by atoms with E-state index in [2.05, 4.69) is 22.3 Å². The molecule has 0 radical (unpaired) electrons. The molecule has 4 aliphatic rings. The second kappa shape index (κ2) is 6.56. The molecule has 4 nitrogen and oxygen atoms in total. The van der Waals surface area contributed by atoms with Gasteiger partial charge in [-0.2, -0.15) is 0 Å². The van der Waals surface area contributed by atoms with E-state index in [1.54, 1.807) is 0 Å². The quantitative estimate of drug-likeness (QED) is 0.877. The zero-order chi connectivity index (χ0) is 17.7. The highest BCUT2D eigenvalue weighted by Gasteiger charge is 2.46. The van der Waals surface area contributed by atoms with Crippen LogP contribution in [-0.2, 0) is 0 Å². The standard InChI is InChI=1S/C22H31N3O/c23-18-7-8-25(13-18)19-4-2-16(3-5-19)22(26)24-21-6-1-14-9-15-11-17(10-14)20(21)12-15/h2-5,14-15,17-18,20-21H,1,6-13,23H2,(H,24,26)/t14?,15?,17?,18-,20?,21?/m1/s1. The Labute approximate surface area is 156 Å². The van der Waals surface area contributed by atoms with E-state index in [1.165, 1.54) is 44.2 Å². The average Bonchev–Trinajstić information content (AvgIpc) is 3.18. The Balaban J connectivity index is 1.25. The van der Waals surface area contributed by atoms with Crippen molar-refractivity contribution in [2.45, 2.75) is 57.0 Å². The molecule has 0 aromatic heterocycles. The van der Waals surface area contributed by atoms with Gasteiger partial charge in [0.1, 0.15) is 0 Å². The van der Waals surface area contributed by atoms with Crippen molar-refractivity contribution in [3.63, 3.8) is 0 Å². The van der Waals surface area contributed by atoms with Crippen LogP contribution in [0, 0.1) is 23.7 Å². The summed E-state index contributed by atoms with van der Waals surface area (Å²) in [5, 5.41) is 3.41. The minimum atomic E-state index is 0.112. The van der Waals surface area contributed by atoms with Crippen LogP contribution >= 0.6 is 0 Å². The van der Waals surface area contributed by atoms with Crippen LogP contribution in [-0.4, -0.2) is 31.1 Å². The second-order valence-corrected chi connectivity index (χ2v) is 9.30. The summed E-state index contributed by atoms with van der Waals surface area (Å²) < 4.78 is 0. The first-order valence-corrected chi connectivity index (χ1v) is 10.6. The molecule has 6 atom stereocenters. The van der Waals surface area contributed by atoms with E-state index in [0.29, 0.717) is 6.04 Å². The molecule has 4 heteroatoms. The monoisotopic (exact) mass is 353 g/mol. The van der Waals surface area contributed by atoms with Crippen molar-refractivity contribution < 1.29 is 4.79 Å². The summed E-state index contributed by atoms with van der Waals surface area (Å²) in [7, 11) is 0. The number of anilines is 1. The van der Waals surface area contributed by atoms with Gasteiger partial charge in [0.25, 0.3) is 5.91 Å². The Morgan fingerprint density at radius 2 is 1.81 bits per heavy atom. The van der Waals surface area contributed by atoms with Gasteiger partial charge < -0.3 is 16.0 Å². The van der Waals surface area contributed by atoms with Crippen molar-refractivity contribution in [3.05, 3.63) is 29.8 Å². The van der Waals surface area contributed by atoms with Crippen molar-refractivity contribution in [1.82, 2.24) is 5.32 Å². The maximum Gasteiger partial charge on any atom is 0.251 e. The van der Waals surface area contributed by atoms with Gasteiger partial charge in [0.05, 0.1) is 0 Å². The van der Waals surface area contributed by atoms with Crippen LogP contribution in [0.25, 0.3) is 0 Å². The van der Waals surface area contributed by atoms with Gasteiger partial charge in [-0.05, 0) is 92.9 Å². The molecule has 0 spiro atoms. The molecule has 4 fully saturated rings. The number of rotatable bonds is 3. The third kappa shape index (κ3) is 3.02. The van der Waals surface area contributed by atoms with Crippen LogP contribution in [0.1, 0.15) is 55.3 Å². The molecule has 5 rings (SSSR count). The van der Waals surface area contributed by atoms with E-state index in [9.17, 15) is 4.79 Å². The minimum absolute atomic E-state index is 0.112. The van der Waals surface area contributed by atoms with Gasteiger partial charge in [0, 0.05) is 36.4 Å². The van der Waals surface area contributed by atoms with E-state index in [1.807, 2.05) is 12.1 Å². The molecule has 3 aliphatic carbocycles. The summed E-state index contributed by atoms with van der Waals surface area (Å²) in [6, 6.07) is 8.78. The Hall–Kier alpha value is -1.55. The van der Waals surface area contributed by atoms with Gasteiger partial charge in [-0.1, -0.05) is 0 Å². The average molecular weight is 354 g/mol. The fraction of sp³-hybridized carbons (Fsp3) is 0.682. The number of nitrogens with one attached hydrogen (secondary N) is 1. The Kier molecular flexibility index (Phi) is 4.19. The fourth-order valence-corrected chi connectivity index (χ4v) is 6.37. The highest BCUT2D eigenvalue weighted by Crippen LogP contribution is 2.53. The van der Waals surface area contributed by atoms with Gasteiger partial charge >= 0.3 is 0 Å². The third-order valence-corrected chi connectivity index (χ3v) is 7.59. The van der Waals surface area contributed by atoms with Gasteiger partial charge in [-0.25, -0.2) is 0 Å². The lowest BCUT2D eigenvalue weighted by Crippen LogP contribution is -2.41. The molecule has 26 heavy (non-hydrogen) atoms. The van der Waals surface area contributed by atoms with E-state index in [4.69, 9.17) is 5.73 Å². The van der Waals surface area contributed by atoms with Crippen LogP contribution < -0.4 is 16.0 Å². The summed E-state index contributed by atoms with van der Waals surface area (Å²) in [4.78, 5) is 15.2. The molecular formula is C22H31N3O. The van der Waals surface area contributed by atoms with Gasteiger partial charge in [0.15, 0.2) is 0 Å². The summed E-state index contributed by atoms with van der Waals surface area (Å²) >= 11 is 0. The predicted molar refractivity (Wildman–Crippen MR) is 104 cm³/mol. The molecular weight excluding hydrogens is 322 g/mol. The number of hydrogen-bond donors (Lipinski definition) is 2. The highest BCUT2D eigenvalue weighted by molar-refractivity contribution is 5.94. The van der Waals surface area contributed by atoms with E-state index >= 15 is 0 Å². The Bertz CT molecular complexity index is 672. The maximum absolute atomic E-state index is 12.8. The minimum Gasteiger partial charge on any atom is -0.370 e. The largest absolute Gasteiger partial charge is 0.370 e. The van der Waals surface area contributed by atoms with Crippen molar-refractivity contribution in [1.29, 1.82) is 0 Å². The first kappa shape index (κ1) is 16.6. The van der Waals surface area contributed by atoms with Crippen LogP contribution in [0.3, 0.4) is 0 Å². The number of nitrogens with zero attached hydrogens (tertiary/aromatic N) is 1. The smallest absolute Gasteiger partial charge is 0.251 e. The number of carbonyl (C=O) groups is 1. The fourth-order valence-electron chi connectivity index (χ4n) is 6.37. The second-order valence-electron chi connectivity index (χ2n) is 9.30. The van der Waals surface area contributed by atoms with E-state index in [-0.39, 0.29) is 11.9 Å². The summed E-state index contributed by atoms with van der Waals surface area (Å²) in [6.07, 6.45) is 9.17. The molecule has 140 valence electrons. The number of nitrogens with two attached hydrogens (primary N) is 1. The molecule has 1 amide bonds. The molecule has 1 aromatic rings. The van der Waals surface area contributed by atoms with E-state index < -0.39 is 0 Å². The summed E-state index contributed by atoms with van der Waals surface area (Å²) in [6.45, 7) is 1.93. The van der Waals surface area contributed by atoms with Gasteiger partial charge in [-0.3, -0.25) is 4.79 Å². The first-order chi connectivity index (χ1) is 12.7. The lowest BCUT2D eigenvalue weighted by molar-refractivity contribution is 0.0912. The number of hydrogen-bond acceptors (Lipinski definition) is 3. The van der Waals surface area contributed by atoms with Crippen molar-refractivity contribution in [2.75, 3.05) is 18.0 Å². The van der Waals surface area contributed by atoms with Crippen molar-refractivity contribution in [3.8, 4) is 0 Å². The first-order valence-electron chi connectivity index (χ1n) is 10.6.